The molecule has 0 saturated heterocycles. The first-order valence-electron chi connectivity index (χ1n) is 9.99. The molecule has 4 atom stereocenters. The maximum absolute atomic E-state index is 10.5. The minimum atomic E-state index is -1.06. The van der Waals surface area contributed by atoms with E-state index in [-0.39, 0.29) is 17.0 Å². The van der Waals surface area contributed by atoms with Crippen LogP contribution in [0.5, 0.6) is 0 Å². The highest BCUT2D eigenvalue weighted by atomic mass is 35.5. The van der Waals surface area contributed by atoms with Crippen LogP contribution in [-0.4, -0.2) is 60.4 Å². The molecule has 4 N–H and O–H groups in total. The Hall–Kier alpha value is -1.29. The Morgan fingerprint density at radius 2 is 1.97 bits per heavy atom. The van der Waals surface area contributed by atoms with E-state index in [4.69, 9.17) is 16.3 Å². The predicted octanol–water partition coefficient (Wildman–Crippen LogP) is 2.39. The van der Waals surface area contributed by atoms with Gasteiger partial charge in [0.05, 0.1) is 23.5 Å². The Bertz CT molecular complexity index is 793. The van der Waals surface area contributed by atoms with E-state index in [9.17, 15) is 15.3 Å². The van der Waals surface area contributed by atoms with Crippen LogP contribution < -0.4 is 5.32 Å². The average molecular weight is 429 g/mol. The molecule has 164 valence electrons. The van der Waals surface area contributed by atoms with Crippen LogP contribution in [0.1, 0.15) is 59.3 Å². The van der Waals surface area contributed by atoms with Crippen molar-refractivity contribution in [3.63, 3.8) is 0 Å². The van der Waals surface area contributed by atoms with Crippen molar-refractivity contribution in [1.29, 1.82) is 0 Å². The summed E-state index contributed by atoms with van der Waals surface area (Å²) in [6.45, 7) is 10.5. The van der Waals surface area contributed by atoms with E-state index >= 15 is 0 Å². The van der Waals surface area contributed by atoms with Crippen LogP contribution in [0.2, 0.25) is 5.28 Å². The molecule has 29 heavy (non-hydrogen) atoms. The molecule has 2 heterocycles. The topological polar surface area (TPSA) is 113 Å². The first-order chi connectivity index (χ1) is 13.5. The van der Waals surface area contributed by atoms with Crippen LogP contribution in [0.15, 0.2) is 12.3 Å². The molecule has 0 aromatic carbocycles. The first-order valence-corrected chi connectivity index (χ1v) is 10.4. The van der Waals surface area contributed by atoms with E-state index in [0.717, 1.165) is 5.39 Å². The third-order valence-corrected chi connectivity index (χ3v) is 4.73. The Balaban J connectivity index is 2.09. The highest BCUT2D eigenvalue weighted by molar-refractivity contribution is 6.28. The van der Waals surface area contributed by atoms with Crippen molar-refractivity contribution in [3.8, 4) is 0 Å². The van der Waals surface area contributed by atoms with Gasteiger partial charge in [-0.2, -0.15) is 4.98 Å². The fourth-order valence-electron chi connectivity index (χ4n) is 3.33. The van der Waals surface area contributed by atoms with E-state index in [0.29, 0.717) is 37.3 Å². The predicted molar refractivity (Wildman–Crippen MR) is 113 cm³/mol. The zero-order chi connectivity index (χ0) is 21.8. The lowest BCUT2D eigenvalue weighted by atomic mass is 10.1. The molecule has 8 nitrogen and oxygen atoms in total. The number of hydrogen-bond donors (Lipinski definition) is 4. The summed E-state index contributed by atoms with van der Waals surface area (Å²) in [5.74, 6) is 0. The minimum absolute atomic E-state index is 0.103. The molecule has 0 bridgehead atoms. The molecule has 0 saturated carbocycles. The highest BCUT2D eigenvalue weighted by Gasteiger charge is 2.23. The van der Waals surface area contributed by atoms with Crippen molar-refractivity contribution >= 4 is 22.6 Å². The zero-order valence-electron chi connectivity index (χ0n) is 17.8. The number of aliphatic hydroxyl groups is 3. The molecular formula is C20H33ClN4O4. The maximum atomic E-state index is 10.5. The lowest BCUT2D eigenvalue weighted by molar-refractivity contribution is -0.0711. The van der Waals surface area contributed by atoms with E-state index in [1.807, 2.05) is 27.7 Å². The second-order valence-electron chi connectivity index (χ2n) is 8.31. The monoisotopic (exact) mass is 428 g/mol. The molecule has 2 aromatic rings. The minimum Gasteiger partial charge on any atom is -0.390 e. The summed E-state index contributed by atoms with van der Waals surface area (Å²) in [6, 6.07) is 1.75. The van der Waals surface area contributed by atoms with Gasteiger partial charge in [-0.25, -0.2) is 4.98 Å². The number of rotatable bonds is 10. The third-order valence-electron chi connectivity index (χ3n) is 4.55. The molecule has 0 aliphatic rings. The molecule has 0 aliphatic heterocycles. The molecule has 2 aromatic heterocycles. The molecule has 0 spiro atoms. The Kier molecular flexibility index (Phi) is 8.39. The number of aliphatic hydroxyl groups excluding tert-OH is 3. The molecule has 0 aliphatic carbocycles. The summed E-state index contributed by atoms with van der Waals surface area (Å²) in [4.78, 5) is 8.25. The summed E-state index contributed by atoms with van der Waals surface area (Å²) in [7, 11) is 0. The molecule has 0 amide bonds. The van der Waals surface area contributed by atoms with Gasteiger partial charge >= 0.3 is 0 Å². The molecular weight excluding hydrogens is 396 g/mol. The van der Waals surface area contributed by atoms with Crippen LogP contribution >= 0.6 is 11.6 Å². The second kappa shape index (κ2) is 10.1. The third kappa shape index (κ3) is 6.87. The Labute approximate surface area is 176 Å². The van der Waals surface area contributed by atoms with Crippen LogP contribution in [0.3, 0.4) is 0 Å². The fourth-order valence-corrected chi connectivity index (χ4v) is 3.46. The molecule has 0 radical (unpaired) electrons. The number of nitrogens with one attached hydrogen (secondary N) is 1. The zero-order valence-corrected chi connectivity index (χ0v) is 18.5. The molecule has 2 rings (SSSR count). The lowest BCUT2D eigenvalue weighted by Crippen LogP contribution is -2.37. The first kappa shape index (κ1) is 24.0. The van der Waals surface area contributed by atoms with Crippen molar-refractivity contribution in [1.82, 2.24) is 19.9 Å². The summed E-state index contributed by atoms with van der Waals surface area (Å²) in [6.07, 6.45) is -0.340. The largest absolute Gasteiger partial charge is 0.390 e. The van der Waals surface area contributed by atoms with Gasteiger partial charge in [-0.1, -0.05) is 6.92 Å². The van der Waals surface area contributed by atoms with E-state index < -0.39 is 18.4 Å². The molecule has 0 fully saturated rings. The van der Waals surface area contributed by atoms with Crippen LogP contribution in [-0.2, 0) is 11.3 Å². The lowest BCUT2D eigenvalue weighted by Gasteiger charge is -2.27. The smallest absolute Gasteiger partial charge is 0.224 e. The summed E-state index contributed by atoms with van der Waals surface area (Å²) in [5.41, 5.74) is 0.836. The van der Waals surface area contributed by atoms with E-state index in [1.54, 1.807) is 23.8 Å². The van der Waals surface area contributed by atoms with Gasteiger partial charge < -0.3 is 24.6 Å². The quantitative estimate of drug-likeness (QED) is 0.339. The number of halogens is 1. The van der Waals surface area contributed by atoms with Crippen molar-refractivity contribution in [3.05, 3.63) is 23.2 Å². The highest BCUT2D eigenvalue weighted by Crippen LogP contribution is 2.26. The van der Waals surface area contributed by atoms with Crippen LogP contribution in [0, 0.1) is 0 Å². The molecule has 4 unspecified atom stereocenters. The maximum Gasteiger partial charge on any atom is 0.224 e. The fraction of sp³-hybridized carbons (Fsp3) is 0.700. The van der Waals surface area contributed by atoms with Crippen molar-refractivity contribution in [2.45, 2.75) is 84.1 Å². The van der Waals surface area contributed by atoms with Gasteiger partial charge in [0.2, 0.25) is 5.28 Å². The number of hydrogen-bond acceptors (Lipinski definition) is 7. The van der Waals surface area contributed by atoms with Gasteiger partial charge in [-0.3, -0.25) is 5.32 Å². The number of ether oxygens (including phenoxy) is 1. The van der Waals surface area contributed by atoms with Gasteiger partial charge in [-0.15, -0.1) is 0 Å². The number of nitrogens with zero attached hydrogens (tertiary/aromatic N) is 3. The standard InChI is InChI=1S/C20H33ClN4O4/c1-6-15(26)17(28)14-10-13-11-23-19(21)24-18(13)25(14)8-7-22-16(27)9-12(2)29-20(3,4)5/h10-12,15-17,22,26-28H,6-9H2,1-5H3. The Morgan fingerprint density at radius 1 is 1.28 bits per heavy atom. The van der Waals surface area contributed by atoms with Crippen molar-refractivity contribution < 1.29 is 20.1 Å². The van der Waals surface area contributed by atoms with Gasteiger partial charge in [0, 0.05) is 31.1 Å². The summed E-state index contributed by atoms with van der Waals surface area (Å²) < 4.78 is 7.62. The van der Waals surface area contributed by atoms with Crippen molar-refractivity contribution in [2.24, 2.45) is 0 Å². The number of aromatic nitrogens is 3. The van der Waals surface area contributed by atoms with Crippen LogP contribution in [0.25, 0.3) is 11.0 Å². The van der Waals surface area contributed by atoms with Crippen molar-refractivity contribution in [2.75, 3.05) is 6.54 Å². The van der Waals surface area contributed by atoms with E-state index in [2.05, 4.69) is 15.3 Å². The Morgan fingerprint density at radius 3 is 2.59 bits per heavy atom. The summed E-state index contributed by atoms with van der Waals surface area (Å²) >= 11 is 5.95. The second-order valence-corrected chi connectivity index (χ2v) is 8.64. The normalized spacial score (nSPS) is 16.7. The van der Waals surface area contributed by atoms with Gasteiger partial charge in [0.15, 0.2) is 0 Å². The van der Waals surface area contributed by atoms with Crippen LogP contribution in [0.4, 0.5) is 0 Å². The number of fused-ring (bicyclic) bond motifs is 1. The van der Waals surface area contributed by atoms with Gasteiger partial charge in [0.25, 0.3) is 0 Å². The SMILES string of the molecule is CCC(O)C(O)c1cc2cnc(Cl)nc2n1CCNC(O)CC(C)OC(C)(C)C. The summed E-state index contributed by atoms with van der Waals surface area (Å²) in [5, 5.41) is 34.8. The van der Waals surface area contributed by atoms with E-state index in [1.165, 1.54) is 0 Å². The van der Waals surface area contributed by atoms with Gasteiger partial charge in [0.1, 0.15) is 18.0 Å². The van der Waals surface area contributed by atoms with Gasteiger partial charge in [-0.05, 0) is 51.8 Å². The average Bonchev–Trinajstić information content (AvgIpc) is 2.96. The molecule has 9 heteroatoms.